The maximum atomic E-state index is 12.6. The number of nitro benzene ring substituents is 1. The molecule has 1 aromatic heterocycles. The molecule has 1 heterocycles. The lowest BCUT2D eigenvalue weighted by molar-refractivity contribution is -0.384. The Bertz CT molecular complexity index is 1240. The van der Waals surface area contributed by atoms with Crippen LogP contribution in [0, 0.1) is 10.1 Å². The zero-order valence-electron chi connectivity index (χ0n) is 16.7. The number of aromatic nitrogens is 1. The van der Waals surface area contributed by atoms with Crippen LogP contribution in [0.3, 0.4) is 0 Å². The molecule has 0 unspecified atom stereocenters. The molecule has 1 atom stereocenters. The number of para-hydroxylation sites is 1. The van der Waals surface area contributed by atoms with E-state index in [9.17, 15) is 14.9 Å². The molecule has 0 aliphatic rings. The van der Waals surface area contributed by atoms with Crippen LogP contribution in [0.1, 0.15) is 13.8 Å². The van der Waals surface area contributed by atoms with Crippen LogP contribution in [0.5, 0.6) is 5.75 Å². The van der Waals surface area contributed by atoms with Crippen molar-refractivity contribution in [1.29, 1.82) is 0 Å². The number of aryl methyl sites for hydroxylation is 1. The van der Waals surface area contributed by atoms with Crippen molar-refractivity contribution < 1.29 is 14.5 Å². The molecule has 7 heteroatoms. The Morgan fingerprint density at radius 3 is 2.47 bits per heavy atom. The number of nitro groups is 1. The highest BCUT2D eigenvalue weighted by Gasteiger charge is 2.17. The number of non-ortho nitro benzene ring substituents is 1. The fraction of sp³-hybridized carbons (Fsp3) is 0.174. The highest BCUT2D eigenvalue weighted by Crippen LogP contribution is 2.31. The Kier molecular flexibility index (Phi) is 5.10. The van der Waals surface area contributed by atoms with Gasteiger partial charge in [0.1, 0.15) is 5.75 Å². The van der Waals surface area contributed by atoms with Crippen LogP contribution in [0.4, 0.5) is 11.4 Å². The predicted molar refractivity (Wildman–Crippen MR) is 117 cm³/mol. The Labute approximate surface area is 173 Å². The molecule has 0 saturated heterocycles. The molecule has 0 bridgehead atoms. The summed E-state index contributed by atoms with van der Waals surface area (Å²) in [6.45, 7) is 4.60. The first kappa shape index (κ1) is 19.4. The number of hydrogen-bond acceptors (Lipinski definition) is 4. The maximum absolute atomic E-state index is 12.6. The van der Waals surface area contributed by atoms with Gasteiger partial charge in [0.2, 0.25) is 0 Å². The summed E-state index contributed by atoms with van der Waals surface area (Å²) in [5, 5.41) is 15.9. The Hall–Kier alpha value is -3.87. The summed E-state index contributed by atoms with van der Waals surface area (Å²) >= 11 is 0. The Morgan fingerprint density at radius 1 is 1.07 bits per heavy atom. The molecule has 152 valence electrons. The summed E-state index contributed by atoms with van der Waals surface area (Å²) in [6, 6.07) is 19.7. The van der Waals surface area contributed by atoms with Gasteiger partial charge in [0.15, 0.2) is 6.10 Å². The van der Waals surface area contributed by atoms with Crippen molar-refractivity contribution >= 4 is 39.1 Å². The third-order valence-electron chi connectivity index (χ3n) is 5.09. The van der Waals surface area contributed by atoms with E-state index >= 15 is 0 Å². The van der Waals surface area contributed by atoms with Crippen LogP contribution >= 0.6 is 0 Å². The van der Waals surface area contributed by atoms with Gasteiger partial charge in [-0.2, -0.15) is 0 Å². The summed E-state index contributed by atoms with van der Waals surface area (Å²) in [6.07, 6.45) is -0.765. The second-order valence-corrected chi connectivity index (χ2v) is 6.99. The van der Waals surface area contributed by atoms with Crippen molar-refractivity contribution in [3.05, 3.63) is 76.8 Å². The zero-order chi connectivity index (χ0) is 21.3. The molecular formula is C23H21N3O4. The Morgan fingerprint density at radius 2 is 1.77 bits per heavy atom. The van der Waals surface area contributed by atoms with Gasteiger partial charge < -0.3 is 14.6 Å². The third kappa shape index (κ3) is 3.57. The molecule has 3 aromatic carbocycles. The van der Waals surface area contributed by atoms with Gasteiger partial charge in [-0.15, -0.1) is 0 Å². The number of nitrogens with zero attached hydrogens (tertiary/aromatic N) is 2. The topological polar surface area (TPSA) is 86.4 Å². The highest BCUT2D eigenvalue weighted by atomic mass is 16.6. The fourth-order valence-electron chi connectivity index (χ4n) is 3.62. The largest absolute Gasteiger partial charge is 0.481 e. The summed E-state index contributed by atoms with van der Waals surface area (Å²) in [4.78, 5) is 22.9. The average molecular weight is 403 g/mol. The number of benzene rings is 3. The fourth-order valence-corrected chi connectivity index (χ4v) is 3.62. The standard InChI is InChI=1S/C23H21N3O4/c1-3-25-21-7-5-4-6-19(21)20-14-16(8-13-22(20)25)24-23(27)15(2)30-18-11-9-17(10-12-18)26(28)29/h4-15H,3H2,1-2H3,(H,24,27)/t15-/m1/s1. The normalized spacial score (nSPS) is 12.1. The van der Waals surface area contributed by atoms with Crippen molar-refractivity contribution in [2.75, 3.05) is 5.32 Å². The second-order valence-electron chi connectivity index (χ2n) is 6.99. The lowest BCUT2D eigenvalue weighted by atomic mass is 10.1. The van der Waals surface area contributed by atoms with Crippen molar-refractivity contribution in [3.63, 3.8) is 0 Å². The van der Waals surface area contributed by atoms with E-state index in [0.717, 1.165) is 28.4 Å². The SMILES string of the molecule is CCn1c2ccccc2c2cc(NC(=O)[C@@H](C)Oc3ccc([N+](=O)[O-])cc3)ccc21. The molecule has 0 radical (unpaired) electrons. The molecule has 1 N–H and O–H groups in total. The highest BCUT2D eigenvalue weighted by molar-refractivity contribution is 6.10. The Balaban J connectivity index is 1.53. The van der Waals surface area contributed by atoms with Crippen molar-refractivity contribution in [2.24, 2.45) is 0 Å². The second kappa shape index (κ2) is 7.87. The van der Waals surface area contributed by atoms with E-state index in [1.165, 1.54) is 24.3 Å². The maximum Gasteiger partial charge on any atom is 0.269 e. The molecule has 4 rings (SSSR count). The number of rotatable bonds is 6. The predicted octanol–water partition coefficient (Wildman–Crippen LogP) is 5.13. The first-order valence-corrected chi connectivity index (χ1v) is 9.71. The van der Waals surface area contributed by atoms with Crippen LogP contribution in [0.25, 0.3) is 21.8 Å². The minimum absolute atomic E-state index is 0.0287. The lowest BCUT2D eigenvalue weighted by Gasteiger charge is -2.15. The van der Waals surface area contributed by atoms with E-state index in [0.29, 0.717) is 11.4 Å². The van der Waals surface area contributed by atoms with Gasteiger partial charge in [0.25, 0.3) is 11.6 Å². The average Bonchev–Trinajstić information content (AvgIpc) is 3.07. The molecule has 30 heavy (non-hydrogen) atoms. The van der Waals surface area contributed by atoms with E-state index in [1.54, 1.807) is 6.92 Å². The van der Waals surface area contributed by atoms with Gasteiger partial charge in [0.05, 0.1) is 4.92 Å². The molecule has 0 saturated carbocycles. The van der Waals surface area contributed by atoms with Crippen LogP contribution in [0.15, 0.2) is 66.7 Å². The number of fused-ring (bicyclic) bond motifs is 3. The molecular weight excluding hydrogens is 382 g/mol. The third-order valence-corrected chi connectivity index (χ3v) is 5.09. The molecule has 4 aromatic rings. The number of hydrogen-bond donors (Lipinski definition) is 1. The number of ether oxygens (including phenoxy) is 1. The van der Waals surface area contributed by atoms with E-state index in [1.807, 2.05) is 30.3 Å². The summed E-state index contributed by atoms with van der Waals surface area (Å²) < 4.78 is 7.87. The molecule has 0 aliphatic carbocycles. The zero-order valence-corrected chi connectivity index (χ0v) is 16.7. The van der Waals surface area contributed by atoms with Gasteiger partial charge >= 0.3 is 0 Å². The van der Waals surface area contributed by atoms with Crippen LogP contribution in [0.2, 0.25) is 0 Å². The van der Waals surface area contributed by atoms with Gasteiger partial charge in [-0.25, -0.2) is 0 Å². The number of anilines is 1. The number of carbonyl (C=O) groups is 1. The smallest absolute Gasteiger partial charge is 0.269 e. The van der Waals surface area contributed by atoms with Crippen LogP contribution < -0.4 is 10.1 Å². The first-order valence-electron chi connectivity index (χ1n) is 9.71. The van der Waals surface area contributed by atoms with E-state index < -0.39 is 11.0 Å². The van der Waals surface area contributed by atoms with Crippen LogP contribution in [-0.2, 0) is 11.3 Å². The monoisotopic (exact) mass is 403 g/mol. The van der Waals surface area contributed by atoms with E-state index in [2.05, 4.69) is 28.9 Å². The number of amides is 1. The molecule has 0 spiro atoms. The summed E-state index contributed by atoms with van der Waals surface area (Å²) in [5.74, 6) is 0.0941. The molecule has 0 aliphatic heterocycles. The quantitative estimate of drug-likeness (QED) is 0.357. The number of carbonyl (C=O) groups excluding carboxylic acids is 1. The molecule has 0 fully saturated rings. The molecule has 1 amide bonds. The summed E-state index contributed by atoms with van der Waals surface area (Å²) in [7, 11) is 0. The van der Waals surface area contributed by atoms with Crippen molar-refractivity contribution in [1.82, 2.24) is 4.57 Å². The van der Waals surface area contributed by atoms with Gasteiger partial charge in [0, 0.05) is 46.2 Å². The van der Waals surface area contributed by atoms with E-state index in [4.69, 9.17) is 4.74 Å². The van der Waals surface area contributed by atoms with Crippen molar-refractivity contribution in [2.45, 2.75) is 26.5 Å². The van der Waals surface area contributed by atoms with Crippen LogP contribution in [-0.4, -0.2) is 21.5 Å². The van der Waals surface area contributed by atoms with Gasteiger partial charge in [-0.05, 0) is 50.2 Å². The minimum Gasteiger partial charge on any atom is -0.481 e. The number of nitrogens with one attached hydrogen (secondary N) is 1. The first-order chi connectivity index (χ1) is 14.5. The van der Waals surface area contributed by atoms with Gasteiger partial charge in [-0.1, -0.05) is 18.2 Å². The lowest BCUT2D eigenvalue weighted by Crippen LogP contribution is -2.30. The molecule has 7 nitrogen and oxygen atoms in total. The minimum atomic E-state index is -0.765. The van der Waals surface area contributed by atoms with Gasteiger partial charge in [-0.3, -0.25) is 14.9 Å². The summed E-state index contributed by atoms with van der Waals surface area (Å²) in [5.41, 5.74) is 2.94. The van der Waals surface area contributed by atoms with E-state index in [-0.39, 0.29) is 11.6 Å². The van der Waals surface area contributed by atoms with Crippen molar-refractivity contribution in [3.8, 4) is 5.75 Å².